The molecule has 1 aromatic heterocycles. The molecule has 0 aliphatic carbocycles. The molecule has 2 N–H and O–H groups in total. The molecule has 1 fully saturated rings. The fraction of sp³-hybridized carbons (Fsp3) is 0.667. The maximum absolute atomic E-state index is 12.0. The van der Waals surface area contributed by atoms with E-state index >= 15 is 0 Å². The van der Waals surface area contributed by atoms with Gasteiger partial charge in [0, 0.05) is 19.6 Å². The molecule has 0 radical (unpaired) electrons. The Labute approximate surface area is 102 Å². The van der Waals surface area contributed by atoms with Gasteiger partial charge in [0.25, 0.3) is 5.91 Å². The molecule has 0 bridgehead atoms. The molecule has 1 aliphatic heterocycles. The summed E-state index contributed by atoms with van der Waals surface area (Å²) in [5.74, 6) is -0.0339. The van der Waals surface area contributed by atoms with Crippen LogP contribution in [-0.4, -0.2) is 34.8 Å². The zero-order valence-electron chi connectivity index (χ0n) is 10.5. The topological polar surface area (TPSA) is 59.0 Å². The van der Waals surface area contributed by atoms with Gasteiger partial charge in [-0.2, -0.15) is 5.10 Å². The Morgan fingerprint density at radius 3 is 3.12 bits per heavy atom. The highest BCUT2D eigenvalue weighted by Gasteiger charge is 2.17. The number of aryl methyl sites for hydroxylation is 2. The number of hydrogen-bond donors (Lipinski definition) is 2. The van der Waals surface area contributed by atoms with E-state index in [4.69, 9.17) is 0 Å². The van der Waals surface area contributed by atoms with Gasteiger partial charge in [0.05, 0.1) is 5.69 Å². The maximum Gasteiger partial charge on any atom is 0.269 e. The molecule has 94 valence electrons. The fourth-order valence-electron chi connectivity index (χ4n) is 2.15. The Kier molecular flexibility index (Phi) is 3.78. The SMILES string of the molecule is CCc1cc(C(=O)NCC2CCCN2)n(C)n1. The quantitative estimate of drug-likeness (QED) is 0.798. The van der Waals surface area contributed by atoms with Crippen molar-refractivity contribution in [3.05, 3.63) is 17.5 Å². The lowest BCUT2D eigenvalue weighted by atomic mass is 10.2. The van der Waals surface area contributed by atoms with Crippen molar-refractivity contribution in [3.63, 3.8) is 0 Å². The van der Waals surface area contributed by atoms with Gasteiger partial charge in [0.1, 0.15) is 5.69 Å². The molecular weight excluding hydrogens is 216 g/mol. The molecule has 1 aliphatic rings. The molecule has 1 unspecified atom stereocenters. The fourth-order valence-corrected chi connectivity index (χ4v) is 2.15. The molecule has 0 spiro atoms. The summed E-state index contributed by atoms with van der Waals surface area (Å²) in [5, 5.41) is 10.6. The van der Waals surface area contributed by atoms with Crippen LogP contribution in [0.3, 0.4) is 0 Å². The summed E-state index contributed by atoms with van der Waals surface area (Å²) in [6, 6.07) is 2.29. The molecule has 17 heavy (non-hydrogen) atoms. The molecule has 1 amide bonds. The summed E-state index contributed by atoms with van der Waals surface area (Å²) in [6.45, 7) is 3.80. The zero-order chi connectivity index (χ0) is 12.3. The van der Waals surface area contributed by atoms with Crippen LogP contribution in [-0.2, 0) is 13.5 Å². The second-order valence-corrected chi connectivity index (χ2v) is 4.50. The van der Waals surface area contributed by atoms with E-state index in [0.29, 0.717) is 18.3 Å². The van der Waals surface area contributed by atoms with Crippen LogP contribution in [0.1, 0.15) is 35.9 Å². The molecule has 5 nitrogen and oxygen atoms in total. The van der Waals surface area contributed by atoms with E-state index < -0.39 is 0 Å². The third kappa shape index (κ3) is 2.85. The van der Waals surface area contributed by atoms with Gasteiger partial charge in [-0.25, -0.2) is 0 Å². The van der Waals surface area contributed by atoms with E-state index in [-0.39, 0.29) is 5.91 Å². The summed E-state index contributed by atoms with van der Waals surface area (Å²) >= 11 is 0. The lowest BCUT2D eigenvalue weighted by Crippen LogP contribution is -2.37. The molecule has 0 aromatic carbocycles. The summed E-state index contributed by atoms with van der Waals surface area (Å²) in [6.07, 6.45) is 3.20. The Bertz CT molecular complexity index is 393. The summed E-state index contributed by atoms with van der Waals surface area (Å²) in [5.41, 5.74) is 1.59. The minimum Gasteiger partial charge on any atom is -0.349 e. The predicted molar refractivity (Wildman–Crippen MR) is 65.9 cm³/mol. The van der Waals surface area contributed by atoms with Crippen molar-refractivity contribution >= 4 is 5.91 Å². The molecule has 2 heterocycles. The Morgan fingerprint density at radius 2 is 2.53 bits per heavy atom. The summed E-state index contributed by atoms with van der Waals surface area (Å²) < 4.78 is 1.65. The highest BCUT2D eigenvalue weighted by molar-refractivity contribution is 5.92. The minimum absolute atomic E-state index is 0.0339. The van der Waals surface area contributed by atoms with Crippen LogP contribution in [0.5, 0.6) is 0 Å². The number of aromatic nitrogens is 2. The summed E-state index contributed by atoms with van der Waals surface area (Å²) in [7, 11) is 1.81. The smallest absolute Gasteiger partial charge is 0.269 e. The van der Waals surface area contributed by atoms with E-state index in [1.807, 2.05) is 20.0 Å². The number of nitrogens with one attached hydrogen (secondary N) is 2. The first kappa shape index (κ1) is 12.1. The van der Waals surface area contributed by atoms with Crippen molar-refractivity contribution in [2.75, 3.05) is 13.1 Å². The Hall–Kier alpha value is -1.36. The second-order valence-electron chi connectivity index (χ2n) is 4.50. The molecule has 1 atom stereocenters. The number of hydrogen-bond acceptors (Lipinski definition) is 3. The molecule has 1 aromatic rings. The second kappa shape index (κ2) is 5.31. The molecule has 1 saturated heterocycles. The molecule has 5 heteroatoms. The van der Waals surface area contributed by atoms with E-state index in [9.17, 15) is 4.79 Å². The lowest BCUT2D eigenvalue weighted by Gasteiger charge is -2.11. The maximum atomic E-state index is 12.0. The first-order valence-electron chi connectivity index (χ1n) is 6.25. The van der Waals surface area contributed by atoms with Crippen LogP contribution >= 0.6 is 0 Å². The van der Waals surface area contributed by atoms with Crippen LogP contribution in [0.2, 0.25) is 0 Å². The van der Waals surface area contributed by atoms with Crippen molar-refractivity contribution < 1.29 is 4.79 Å². The standard InChI is InChI=1S/C12H20N4O/c1-3-9-7-11(16(2)15-9)12(17)14-8-10-5-4-6-13-10/h7,10,13H,3-6,8H2,1-2H3,(H,14,17). The minimum atomic E-state index is -0.0339. The van der Waals surface area contributed by atoms with Crippen molar-refractivity contribution in [2.24, 2.45) is 7.05 Å². The van der Waals surface area contributed by atoms with Gasteiger partial charge in [-0.3, -0.25) is 9.48 Å². The Morgan fingerprint density at radius 1 is 1.71 bits per heavy atom. The van der Waals surface area contributed by atoms with Gasteiger partial charge < -0.3 is 10.6 Å². The number of amides is 1. The Balaban J connectivity index is 1.91. The monoisotopic (exact) mass is 236 g/mol. The summed E-state index contributed by atoms with van der Waals surface area (Å²) in [4.78, 5) is 12.0. The first-order chi connectivity index (χ1) is 8.20. The van der Waals surface area contributed by atoms with Gasteiger partial charge in [-0.15, -0.1) is 0 Å². The highest BCUT2D eigenvalue weighted by Crippen LogP contribution is 2.06. The van der Waals surface area contributed by atoms with Crippen LogP contribution < -0.4 is 10.6 Å². The van der Waals surface area contributed by atoms with Gasteiger partial charge in [-0.1, -0.05) is 6.92 Å². The van der Waals surface area contributed by atoms with Gasteiger partial charge in [0.2, 0.25) is 0 Å². The van der Waals surface area contributed by atoms with Crippen LogP contribution in [0.15, 0.2) is 6.07 Å². The van der Waals surface area contributed by atoms with Crippen LogP contribution in [0.4, 0.5) is 0 Å². The lowest BCUT2D eigenvalue weighted by molar-refractivity contribution is 0.0941. The average molecular weight is 236 g/mol. The van der Waals surface area contributed by atoms with E-state index in [1.54, 1.807) is 4.68 Å². The number of carbonyl (C=O) groups is 1. The van der Waals surface area contributed by atoms with E-state index in [2.05, 4.69) is 15.7 Å². The first-order valence-corrected chi connectivity index (χ1v) is 6.25. The number of nitrogens with zero attached hydrogens (tertiary/aromatic N) is 2. The van der Waals surface area contributed by atoms with Crippen molar-refractivity contribution in [3.8, 4) is 0 Å². The largest absolute Gasteiger partial charge is 0.349 e. The zero-order valence-corrected chi connectivity index (χ0v) is 10.5. The van der Waals surface area contributed by atoms with E-state index in [0.717, 1.165) is 25.1 Å². The molecule has 2 rings (SSSR count). The molecular formula is C12H20N4O. The third-order valence-electron chi connectivity index (χ3n) is 3.20. The van der Waals surface area contributed by atoms with Crippen LogP contribution in [0.25, 0.3) is 0 Å². The normalized spacial score (nSPS) is 19.5. The van der Waals surface area contributed by atoms with Gasteiger partial charge in [0.15, 0.2) is 0 Å². The predicted octanol–water partition coefficient (Wildman–Crippen LogP) is 0.464. The number of rotatable bonds is 4. The van der Waals surface area contributed by atoms with Crippen molar-refractivity contribution in [1.82, 2.24) is 20.4 Å². The highest BCUT2D eigenvalue weighted by atomic mass is 16.2. The van der Waals surface area contributed by atoms with Gasteiger partial charge in [-0.05, 0) is 31.9 Å². The molecule has 0 saturated carbocycles. The average Bonchev–Trinajstić information content (AvgIpc) is 2.94. The van der Waals surface area contributed by atoms with E-state index in [1.165, 1.54) is 6.42 Å². The van der Waals surface area contributed by atoms with Gasteiger partial charge >= 0.3 is 0 Å². The van der Waals surface area contributed by atoms with Crippen molar-refractivity contribution in [2.45, 2.75) is 32.2 Å². The van der Waals surface area contributed by atoms with Crippen molar-refractivity contribution in [1.29, 1.82) is 0 Å². The third-order valence-corrected chi connectivity index (χ3v) is 3.20. The van der Waals surface area contributed by atoms with Crippen LogP contribution in [0, 0.1) is 0 Å². The number of carbonyl (C=O) groups excluding carboxylic acids is 1.